The summed E-state index contributed by atoms with van der Waals surface area (Å²) in [6.45, 7) is 0.653. The Hall–Kier alpha value is -3.32. The molecule has 1 N–H and O–H groups in total. The summed E-state index contributed by atoms with van der Waals surface area (Å²) in [7, 11) is 4.35. The van der Waals surface area contributed by atoms with Crippen LogP contribution in [-0.4, -0.2) is 55.8 Å². The van der Waals surface area contributed by atoms with Crippen molar-refractivity contribution in [3.05, 3.63) is 67.0 Å². The van der Waals surface area contributed by atoms with E-state index in [1.165, 1.54) is 12.8 Å². The van der Waals surface area contributed by atoms with Gasteiger partial charge in [-0.25, -0.2) is 9.97 Å². The highest BCUT2D eigenvalue weighted by atomic mass is 15.3. The topological polar surface area (TPSA) is 71.8 Å². The van der Waals surface area contributed by atoms with Crippen LogP contribution in [0, 0.1) is 0 Å². The number of fused-ring (bicyclic) bond motifs is 1. The van der Waals surface area contributed by atoms with Crippen molar-refractivity contribution in [3.8, 4) is 11.1 Å². The van der Waals surface area contributed by atoms with Crippen molar-refractivity contribution in [3.63, 3.8) is 0 Å². The van der Waals surface area contributed by atoms with Crippen molar-refractivity contribution in [1.29, 1.82) is 0 Å². The zero-order chi connectivity index (χ0) is 21.9. The molecule has 0 atom stereocenters. The summed E-state index contributed by atoms with van der Waals surface area (Å²) in [5.41, 5.74) is 4.13. The first kappa shape index (κ1) is 20.6. The minimum Gasteiger partial charge on any atom is -0.367 e. The zero-order valence-electron chi connectivity index (χ0n) is 18.6. The second-order valence-electron chi connectivity index (χ2n) is 8.82. The number of nitrogens with zero attached hydrogens (tertiary/aromatic N) is 6. The fraction of sp³-hybridized carbons (Fsp3) is 0.360. The molecule has 0 aliphatic heterocycles. The maximum atomic E-state index is 4.59. The molecule has 0 saturated heterocycles. The summed E-state index contributed by atoms with van der Waals surface area (Å²) >= 11 is 0. The fourth-order valence-corrected chi connectivity index (χ4v) is 4.54. The van der Waals surface area contributed by atoms with E-state index in [-0.39, 0.29) is 0 Å². The predicted octanol–water partition coefficient (Wildman–Crippen LogP) is 4.22. The second-order valence-corrected chi connectivity index (χ2v) is 8.82. The summed E-state index contributed by atoms with van der Waals surface area (Å²) in [5, 5.41) is 9.29. The molecular formula is C25H29N7. The molecule has 0 spiro atoms. The molecule has 32 heavy (non-hydrogen) atoms. The van der Waals surface area contributed by atoms with Crippen molar-refractivity contribution in [2.24, 2.45) is 0 Å². The summed E-state index contributed by atoms with van der Waals surface area (Å²) < 4.78 is 1.92. The zero-order valence-corrected chi connectivity index (χ0v) is 18.6. The van der Waals surface area contributed by atoms with Gasteiger partial charge in [0.15, 0.2) is 0 Å². The number of anilines is 1. The summed E-state index contributed by atoms with van der Waals surface area (Å²) in [4.78, 5) is 15.8. The van der Waals surface area contributed by atoms with Gasteiger partial charge in [-0.15, -0.1) is 0 Å². The molecule has 0 radical (unpaired) electrons. The number of aromatic nitrogens is 5. The van der Waals surface area contributed by atoms with Gasteiger partial charge < -0.3 is 10.2 Å². The van der Waals surface area contributed by atoms with E-state index in [2.05, 4.69) is 68.8 Å². The van der Waals surface area contributed by atoms with Gasteiger partial charge in [-0.1, -0.05) is 12.1 Å². The smallest absolute Gasteiger partial charge is 0.137 e. The number of nitrogens with one attached hydrogen (secondary N) is 1. The maximum absolute atomic E-state index is 4.59. The Balaban J connectivity index is 1.36. The van der Waals surface area contributed by atoms with E-state index in [0.29, 0.717) is 18.6 Å². The molecule has 1 saturated carbocycles. The standard InChI is InChI=1S/C25H29N7/c1-31(2)22-9-7-20(8-10-22)30-25-23-13-18(6-11-24(23)27-17-28-25)19-14-29-32(15-19)16-21-5-3-4-12-26-21/h3-6,11-15,17,20,22H,7-10,16H2,1-2H3,(H,27,28,30). The van der Waals surface area contributed by atoms with Crippen LogP contribution in [-0.2, 0) is 6.54 Å². The van der Waals surface area contributed by atoms with Crippen LogP contribution < -0.4 is 5.32 Å². The van der Waals surface area contributed by atoms with Crippen LogP contribution >= 0.6 is 0 Å². The first-order valence-electron chi connectivity index (χ1n) is 11.3. The Morgan fingerprint density at radius 2 is 1.88 bits per heavy atom. The van der Waals surface area contributed by atoms with E-state index < -0.39 is 0 Å². The van der Waals surface area contributed by atoms with Crippen LogP contribution in [0.4, 0.5) is 5.82 Å². The van der Waals surface area contributed by atoms with Gasteiger partial charge in [0.2, 0.25) is 0 Å². The Morgan fingerprint density at radius 1 is 1.00 bits per heavy atom. The van der Waals surface area contributed by atoms with Crippen LogP contribution in [0.2, 0.25) is 0 Å². The Kier molecular flexibility index (Phi) is 5.81. The molecule has 1 aliphatic rings. The third-order valence-electron chi connectivity index (χ3n) is 6.42. The fourth-order valence-electron chi connectivity index (χ4n) is 4.54. The van der Waals surface area contributed by atoms with E-state index in [1.54, 1.807) is 6.33 Å². The molecule has 1 aliphatic carbocycles. The molecule has 0 unspecified atom stereocenters. The van der Waals surface area contributed by atoms with Crippen molar-refractivity contribution in [1.82, 2.24) is 29.6 Å². The molecule has 164 valence electrons. The Morgan fingerprint density at radius 3 is 2.66 bits per heavy atom. The molecule has 7 heteroatoms. The van der Waals surface area contributed by atoms with Crippen LogP contribution in [0.25, 0.3) is 22.0 Å². The maximum Gasteiger partial charge on any atom is 0.137 e. The molecule has 1 fully saturated rings. The lowest BCUT2D eigenvalue weighted by Gasteiger charge is -2.33. The lowest BCUT2D eigenvalue weighted by Crippen LogP contribution is -2.36. The summed E-state index contributed by atoms with van der Waals surface area (Å²) in [5.74, 6) is 0.922. The van der Waals surface area contributed by atoms with Crippen molar-refractivity contribution in [2.75, 3.05) is 19.4 Å². The lowest BCUT2D eigenvalue weighted by atomic mass is 9.90. The molecule has 5 rings (SSSR count). The summed E-state index contributed by atoms with van der Waals surface area (Å²) in [6, 6.07) is 13.4. The largest absolute Gasteiger partial charge is 0.367 e. The van der Waals surface area contributed by atoms with E-state index in [9.17, 15) is 0 Å². The van der Waals surface area contributed by atoms with Gasteiger partial charge in [0.05, 0.1) is 24.0 Å². The van der Waals surface area contributed by atoms with E-state index >= 15 is 0 Å². The third kappa shape index (κ3) is 4.48. The number of rotatable bonds is 6. The lowest BCUT2D eigenvalue weighted by molar-refractivity contribution is 0.221. The average molecular weight is 428 g/mol. The van der Waals surface area contributed by atoms with Crippen molar-refractivity contribution in [2.45, 2.75) is 44.3 Å². The molecule has 1 aromatic carbocycles. The highest BCUT2D eigenvalue weighted by Gasteiger charge is 2.23. The molecule has 3 aromatic heterocycles. The molecule has 4 aromatic rings. The molecular weight excluding hydrogens is 398 g/mol. The van der Waals surface area contributed by atoms with Gasteiger partial charge in [0.25, 0.3) is 0 Å². The highest BCUT2D eigenvalue weighted by molar-refractivity contribution is 5.92. The number of hydrogen-bond donors (Lipinski definition) is 1. The number of hydrogen-bond acceptors (Lipinski definition) is 6. The quantitative estimate of drug-likeness (QED) is 0.497. The molecule has 7 nitrogen and oxygen atoms in total. The van der Waals surface area contributed by atoms with E-state index in [4.69, 9.17) is 0 Å². The van der Waals surface area contributed by atoms with Crippen molar-refractivity contribution < 1.29 is 0 Å². The van der Waals surface area contributed by atoms with Crippen LogP contribution in [0.15, 0.2) is 61.3 Å². The van der Waals surface area contributed by atoms with Crippen LogP contribution in [0.1, 0.15) is 31.4 Å². The third-order valence-corrected chi connectivity index (χ3v) is 6.42. The van der Waals surface area contributed by atoms with E-state index in [1.807, 2.05) is 35.3 Å². The van der Waals surface area contributed by atoms with Crippen molar-refractivity contribution >= 4 is 16.7 Å². The Labute approximate surface area is 188 Å². The minimum absolute atomic E-state index is 0.453. The first-order valence-corrected chi connectivity index (χ1v) is 11.3. The monoisotopic (exact) mass is 427 g/mol. The number of pyridine rings is 1. The van der Waals surface area contributed by atoms with E-state index in [0.717, 1.165) is 46.4 Å². The van der Waals surface area contributed by atoms with Crippen LogP contribution in [0.5, 0.6) is 0 Å². The SMILES string of the molecule is CN(C)C1CCC(Nc2ncnc3ccc(-c4cnn(Cc5ccccn5)c4)cc23)CC1. The van der Waals surface area contributed by atoms with Gasteiger partial charge in [-0.2, -0.15) is 5.10 Å². The first-order chi connectivity index (χ1) is 15.7. The van der Waals surface area contributed by atoms with Gasteiger partial charge >= 0.3 is 0 Å². The van der Waals surface area contributed by atoms with Gasteiger partial charge in [-0.05, 0) is 69.6 Å². The number of benzene rings is 1. The van der Waals surface area contributed by atoms with Gasteiger partial charge in [0, 0.05) is 35.4 Å². The second kappa shape index (κ2) is 9.04. The molecule has 0 bridgehead atoms. The predicted molar refractivity (Wildman–Crippen MR) is 127 cm³/mol. The summed E-state index contributed by atoms with van der Waals surface area (Å²) in [6.07, 6.45) is 12.2. The van der Waals surface area contributed by atoms with Crippen LogP contribution in [0.3, 0.4) is 0 Å². The minimum atomic E-state index is 0.453. The average Bonchev–Trinajstić information content (AvgIpc) is 3.28. The van der Waals surface area contributed by atoms with Gasteiger partial charge in [0.1, 0.15) is 12.1 Å². The molecule has 0 amide bonds. The highest BCUT2D eigenvalue weighted by Crippen LogP contribution is 2.29. The molecule has 3 heterocycles. The Bertz CT molecular complexity index is 1180. The van der Waals surface area contributed by atoms with Gasteiger partial charge in [-0.3, -0.25) is 9.67 Å². The normalized spacial score (nSPS) is 18.8.